The molecule has 0 aromatic heterocycles. The topological polar surface area (TPSA) is 63.6 Å². The third-order valence-corrected chi connectivity index (χ3v) is 8.11. The van der Waals surface area contributed by atoms with E-state index in [0.29, 0.717) is 42.6 Å². The summed E-state index contributed by atoms with van der Waals surface area (Å²) in [5, 5.41) is 9.43. The molecule has 0 amide bonds. The monoisotopic (exact) mass is 394 g/mol. The Bertz CT molecular complexity index is 517. The summed E-state index contributed by atoms with van der Waals surface area (Å²) in [6.07, 6.45) is 11.7. The molecule has 0 bridgehead atoms. The van der Waals surface area contributed by atoms with Crippen LogP contribution in [0.25, 0.3) is 0 Å². The second kappa shape index (κ2) is 10.6. The zero-order chi connectivity index (χ0) is 20.7. The quantitative estimate of drug-likeness (QED) is 0.380. The van der Waals surface area contributed by atoms with E-state index in [-0.39, 0.29) is 5.97 Å². The summed E-state index contributed by atoms with van der Waals surface area (Å²) < 4.78 is 5.75. The van der Waals surface area contributed by atoms with Crippen molar-refractivity contribution >= 4 is 11.9 Å². The van der Waals surface area contributed by atoms with E-state index in [1.807, 2.05) is 0 Å². The van der Waals surface area contributed by atoms with E-state index in [1.165, 1.54) is 38.5 Å². The molecule has 6 unspecified atom stereocenters. The Hall–Kier alpha value is -1.06. The Morgan fingerprint density at radius 3 is 2.36 bits per heavy atom. The highest BCUT2D eigenvalue weighted by Gasteiger charge is 2.44. The van der Waals surface area contributed by atoms with Crippen LogP contribution in [0.1, 0.15) is 98.3 Å². The average Bonchev–Trinajstić information content (AvgIpc) is 2.69. The number of unbranched alkanes of at least 4 members (excludes halogenated alkanes) is 2. The van der Waals surface area contributed by atoms with Crippen LogP contribution in [0.2, 0.25) is 0 Å². The van der Waals surface area contributed by atoms with Crippen molar-refractivity contribution in [1.29, 1.82) is 0 Å². The number of carboxylic acid groups (broad SMARTS) is 1. The fourth-order valence-corrected chi connectivity index (χ4v) is 5.83. The fourth-order valence-electron chi connectivity index (χ4n) is 5.83. The number of rotatable bonds is 9. The maximum atomic E-state index is 12.7. The maximum Gasteiger partial charge on any atom is 0.309 e. The minimum atomic E-state index is -0.845. The average molecular weight is 395 g/mol. The summed E-state index contributed by atoms with van der Waals surface area (Å²) in [6.45, 7) is 9.83. The van der Waals surface area contributed by atoms with Crippen molar-refractivity contribution in [2.24, 2.45) is 35.0 Å². The summed E-state index contributed by atoms with van der Waals surface area (Å²) in [4.78, 5) is 24.1. The molecule has 0 radical (unpaired) electrons. The van der Waals surface area contributed by atoms with Gasteiger partial charge in [0.15, 0.2) is 0 Å². The van der Waals surface area contributed by atoms with Gasteiger partial charge >= 0.3 is 11.9 Å². The first kappa shape index (κ1) is 23.2. The van der Waals surface area contributed by atoms with Gasteiger partial charge in [-0.05, 0) is 55.3 Å². The molecule has 28 heavy (non-hydrogen) atoms. The molecule has 0 saturated heterocycles. The highest BCUT2D eigenvalue weighted by atomic mass is 16.5. The zero-order valence-electron chi connectivity index (χ0n) is 18.5. The molecule has 2 fully saturated rings. The van der Waals surface area contributed by atoms with E-state index in [2.05, 4.69) is 27.7 Å². The van der Waals surface area contributed by atoms with Crippen LogP contribution in [0, 0.1) is 35.0 Å². The highest BCUT2D eigenvalue weighted by molar-refractivity contribution is 5.81. The van der Waals surface area contributed by atoms with E-state index < -0.39 is 17.8 Å². The first-order chi connectivity index (χ1) is 13.3. The van der Waals surface area contributed by atoms with Crippen molar-refractivity contribution in [3.63, 3.8) is 0 Å². The number of carboxylic acids is 1. The van der Waals surface area contributed by atoms with Gasteiger partial charge in [-0.2, -0.15) is 0 Å². The van der Waals surface area contributed by atoms with Crippen molar-refractivity contribution in [1.82, 2.24) is 0 Å². The van der Waals surface area contributed by atoms with Crippen molar-refractivity contribution in [3.05, 3.63) is 0 Å². The van der Waals surface area contributed by atoms with Gasteiger partial charge in [-0.1, -0.05) is 66.2 Å². The second-order valence-corrected chi connectivity index (χ2v) is 9.73. The molecule has 0 spiro atoms. The van der Waals surface area contributed by atoms with Crippen LogP contribution >= 0.6 is 0 Å². The number of esters is 1. The van der Waals surface area contributed by atoms with E-state index >= 15 is 0 Å². The van der Waals surface area contributed by atoms with Crippen molar-refractivity contribution in [2.45, 2.75) is 98.3 Å². The smallest absolute Gasteiger partial charge is 0.309 e. The number of carbonyl (C=O) groups is 2. The van der Waals surface area contributed by atoms with Gasteiger partial charge in [0.2, 0.25) is 0 Å². The third kappa shape index (κ3) is 5.51. The minimum absolute atomic E-state index is 0.273. The molecule has 2 aliphatic rings. The molecule has 0 aromatic rings. The molecule has 0 heterocycles. The first-order valence-electron chi connectivity index (χ1n) is 11.7. The van der Waals surface area contributed by atoms with Gasteiger partial charge in [0.25, 0.3) is 0 Å². The van der Waals surface area contributed by atoms with Crippen molar-refractivity contribution < 1.29 is 19.4 Å². The molecule has 1 N–H and O–H groups in total. The molecular weight excluding hydrogens is 352 g/mol. The zero-order valence-corrected chi connectivity index (χ0v) is 18.5. The molecule has 4 heteroatoms. The Morgan fingerprint density at radius 2 is 1.75 bits per heavy atom. The number of hydrogen-bond donors (Lipinski definition) is 1. The SMILES string of the molecule is CCCCCC1C(C)C(COC(=O)C2CCCCC2C(=O)O)CCC1(C)CC. The Balaban J connectivity index is 1.95. The molecule has 0 aliphatic heterocycles. The Kier molecular flexibility index (Phi) is 8.82. The van der Waals surface area contributed by atoms with Crippen LogP contribution in [0.4, 0.5) is 0 Å². The summed E-state index contributed by atoms with van der Waals surface area (Å²) in [5.41, 5.74) is 0.394. The largest absolute Gasteiger partial charge is 0.481 e. The van der Waals surface area contributed by atoms with Gasteiger partial charge in [0.05, 0.1) is 18.4 Å². The van der Waals surface area contributed by atoms with Crippen molar-refractivity contribution in [2.75, 3.05) is 6.61 Å². The van der Waals surface area contributed by atoms with E-state index in [1.54, 1.807) is 0 Å². The fraction of sp³-hybridized carbons (Fsp3) is 0.917. The number of aliphatic carboxylic acids is 1. The van der Waals surface area contributed by atoms with E-state index in [4.69, 9.17) is 4.74 Å². The number of hydrogen-bond acceptors (Lipinski definition) is 3. The predicted molar refractivity (Wildman–Crippen MR) is 112 cm³/mol. The lowest BCUT2D eigenvalue weighted by molar-refractivity contribution is -0.162. The van der Waals surface area contributed by atoms with Gasteiger partial charge in [-0.3, -0.25) is 9.59 Å². The lowest BCUT2D eigenvalue weighted by Crippen LogP contribution is -2.42. The summed E-state index contributed by atoms with van der Waals surface area (Å²) >= 11 is 0. The van der Waals surface area contributed by atoms with Crippen LogP contribution in [0.5, 0.6) is 0 Å². The molecule has 162 valence electrons. The molecule has 2 rings (SSSR count). The minimum Gasteiger partial charge on any atom is -0.481 e. The Morgan fingerprint density at radius 1 is 1.07 bits per heavy atom. The summed E-state index contributed by atoms with van der Waals surface area (Å²) in [6, 6.07) is 0. The summed E-state index contributed by atoms with van der Waals surface area (Å²) in [5.74, 6) is -0.496. The van der Waals surface area contributed by atoms with Gasteiger partial charge in [-0.15, -0.1) is 0 Å². The van der Waals surface area contributed by atoms with E-state index in [9.17, 15) is 14.7 Å². The predicted octanol–water partition coefficient (Wildman–Crippen LogP) is 6.08. The van der Waals surface area contributed by atoms with Crippen LogP contribution in [-0.4, -0.2) is 23.7 Å². The summed E-state index contributed by atoms with van der Waals surface area (Å²) in [7, 11) is 0. The maximum absolute atomic E-state index is 12.7. The van der Waals surface area contributed by atoms with Crippen LogP contribution < -0.4 is 0 Å². The highest BCUT2D eigenvalue weighted by Crippen LogP contribution is 2.51. The van der Waals surface area contributed by atoms with Gasteiger partial charge in [0.1, 0.15) is 0 Å². The van der Waals surface area contributed by atoms with Crippen LogP contribution in [-0.2, 0) is 14.3 Å². The molecular formula is C24H42O4. The standard InChI is InChI=1S/C24H42O4/c1-5-7-8-13-21-17(3)18(14-15-24(21,4)6-2)16-28-23(27)20-12-10-9-11-19(20)22(25)26/h17-21H,5-16H2,1-4H3,(H,25,26). The first-order valence-corrected chi connectivity index (χ1v) is 11.7. The van der Waals surface area contributed by atoms with Crippen LogP contribution in [0.15, 0.2) is 0 Å². The second-order valence-electron chi connectivity index (χ2n) is 9.73. The Labute approximate surface area is 171 Å². The van der Waals surface area contributed by atoms with Gasteiger partial charge in [0, 0.05) is 0 Å². The number of ether oxygens (including phenoxy) is 1. The third-order valence-electron chi connectivity index (χ3n) is 8.11. The molecule has 2 saturated carbocycles. The number of carbonyl (C=O) groups excluding carboxylic acids is 1. The molecule has 0 aromatic carbocycles. The van der Waals surface area contributed by atoms with Gasteiger partial charge < -0.3 is 9.84 Å². The lowest BCUT2D eigenvalue weighted by atomic mass is 9.57. The lowest BCUT2D eigenvalue weighted by Gasteiger charge is -2.49. The molecule has 4 nitrogen and oxygen atoms in total. The van der Waals surface area contributed by atoms with E-state index in [0.717, 1.165) is 19.3 Å². The van der Waals surface area contributed by atoms with Crippen molar-refractivity contribution in [3.8, 4) is 0 Å². The molecule has 6 atom stereocenters. The molecule has 2 aliphatic carbocycles. The van der Waals surface area contributed by atoms with Crippen LogP contribution in [0.3, 0.4) is 0 Å². The van der Waals surface area contributed by atoms with Gasteiger partial charge in [-0.25, -0.2) is 0 Å². The normalized spacial score (nSPS) is 36.1.